The standard InChI is InChI=1S/C17H16N2O3S/c1-9-3-5-12(14(20)7-9)18-17(22)11-4-6-15-13(8-11)19-16(21)10(2)23-15/h3-8,10,20H,1-2H3,(H,18,22)(H,19,21). The highest BCUT2D eigenvalue weighted by Crippen LogP contribution is 2.36. The number of rotatable bonds is 2. The fourth-order valence-electron chi connectivity index (χ4n) is 2.29. The molecule has 1 aliphatic heterocycles. The second kappa shape index (κ2) is 5.96. The lowest BCUT2D eigenvalue weighted by Crippen LogP contribution is -2.26. The van der Waals surface area contributed by atoms with Gasteiger partial charge in [-0.1, -0.05) is 6.07 Å². The van der Waals surface area contributed by atoms with E-state index in [1.54, 1.807) is 30.3 Å². The van der Waals surface area contributed by atoms with Gasteiger partial charge in [-0.25, -0.2) is 0 Å². The van der Waals surface area contributed by atoms with Crippen LogP contribution in [0.5, 0.6) is 5.75 Å². The van der Waals surface area contributed by atoms with Crippen molar-refractivity contribution in [2.75, 3.05) is 10.6 Å². The molecule has 0 saturated carbocycles. The van der Waals surface area contributed by atoms with E-state index in [4.69, 9.17) is 0 Å². The summed E-state index contributed by atoms with van der Waals surface area (Å²) in [5.41, 5.74) is 2.31. The number of fused-ring (bicyclic) bond motifs is 1. The van der Waals surface area contributed by atoms with Gasteiger partial charge in [0.25, 0.3) is 5.91 Å². The number of anilines is 2. The summed E-state index contributed by atoms with van der Waals surface area (Å²) in [5.74, 6) is -0.393. The number of phenols is 1. The lowest BCUT2D eigenvalue weighted by Gasteiger charge is -2.21. The quantitative estimate of drug-likeness (QED) is 0.739. The maximum atomic E-state index is 12.3. The zero-order valence-electron chi connectivity index (χ0n) is 12.7. The Morgan fingerprint density at radius 2 is 2.04 bits per heavy atom. The highest BCUT2D eigenvalue weighted by Gasteiger charge is 2.23. The van der Waals surface area contributed by atoms with Crippen molar-refractivity contribution in [3.8, 4) is 5.75 Å². The SMILES string of the molecule is Cc1ccc(NC(=O)c2ccc3c(c2)NC(=O)C(C)S3)c(O)c1. The van der Waals surface area contributed by atoms with Crippen molar-refractivity contribution in [2.24, 2.45) is 0 Å². The Balaban J connectivity index is 1.83. The molecule has 0 radical (unpaired) electrons. The summed E-state index contributed by atoms with van der Waals surface area (Å²) in [6.07, 6.45) is 0. The first-order valence-electron chi connectivity index (χ1n) is 7.16. The number of carbonyl (C=O) groups is 2. The lowest BCUT2D eigenvalue weighted by atomic mass is 10.1. The number of benzene rings is 2. The topological polar surface area (TPSA) is 78.4 Å². The van der Waals surface area contributed by atoms with Gasteiger partial charge in [-0.3, -0.25) is 9.59 Å². The Hall–Kier alpha value is -2.47. The van der Waals surface area contributed by atoms with Gasteiger partial charge in [-0.2, -0.15) is 0 Å². The lowest BCUT2D eigenvalue weighted by molar-refractivity contribution is -0.115. The zero-order chi connectivity index (χ0) is 16.6. The van der Waals surface area contributed by atoms with Gasteiger partial charge in [0.1, 0.15) is 5.75 Å². The fraction of sp³-hybridized carbons (Fsp3) is 0.176. The van der Waals surface area contributed by atoms with E-state index in [0.29, 0.717) is 16.9 Å². The van der Waals surface area contributed by atoms with E-state index in [0.717, 1.165) is 10.5 Å². The van der Waals surface area contributed by atoms with Gasteiger partial charge in [0, 0.05) is 10.5 Å². The van der Waals surface area contributed by atoms with E-state index in [2.05, 4.69) is 10.6 Å². The molecule has 0 aromatic heterocycles. The van der Waals surface area contributed by atoms with E-state index in [9.17, 15) is 14.7 Å². The van der Waals surface area contributed by atoms with Gasteiger partial charge in [0.2, 0.25) is 5.91 Å². The monoisotopic (exact) mass is 328 g/mol. The first kappa shape index (κ1) is 15.4. The van der Waals surface area contributed by atoms with Crippen molar-refractivity contribution in [2.45, 2.75) is 24.0 Å². The minimum Gasteiger partial charge on any atom is -0.506 e. The van der Waals surface area contributed by atoms with Crippen LogP contribution in [0.1, 0.15) is 22.8 Å². The molecule has 0 aliphatic carbocycles. The van der Waals surface area contributed by atoms with Crippen LogP contribution in [-0.2, 0) is 4.79 Å². The second-order valence-electron chi connectivity index (χ2n) is 5.43. The minimum atomic E-state index is -0.343. The maximum Gasteiger partial charge on any atom is 0.255 e. The molecule has 5 nitrogen and oxygen atoms in total. The third-order valence-electron chi connectivity index (χ3n) is 3.57. The average Bonchev–Trinajstić information content (AvgIpc) is 2.50. The molecule has 0 bridgehead atoms. The molecule has 2 amide bonds. The first-order valence-corrected chi connectivity index (χ1v) is 8.04. The van der Waals surface area contributed by atoms with Gasteiger partial charge in [-0.15, -0.1) is 11.8 Å². The van der Waals surface area contributed by atoms with Crippen LogP contribution in [0.15, 0.2) is 41.3 Å². The summed E-state index contributed by atoms with van der Waals surface area (Å²) in [6.45, 7) is 3.69. The number of hydrogen-bond acceptors (Lipinski definition) is 4. The predicted octanol–water partition coefficient (Wildman–Crippen LogP) is 3.39. The molecule has 6 heteroatoms. The molecule has 118 valence electrons. The normalized spacial score (nSPS) is 16.4. The number of aryl methyl sites for hydroxylation is 1. The third-order valence-corrected chi connectivity index (χ3v) is 4.75. The van der Waals surface area contributed by atoms with Crippen molar-refractivity contribution in [3.63, 3.8) is 0 Å². The fourth-order valence-corrected chi connectivity index (χ4v) is 3.22. The Kier molecular flexibility index (Phi) is 4.00. The molecular formula is C17H16N2O3S. The molecule has 23 heavy (non-hydrogen) atoms. The van der Waals surface area contributed by atoms with E-state index in [1.807, 2.05) is 19.9 Å². The van der Waals surface area contributed by atoms with Crippen molar-refractivity contribution in [3.05, 3.63) is 47.5 Å². The summed E-state index contributed by atoms with van der Waals surface area (Å²) in [5, 5.41) is 15.2. The van der Waals surface area contributed by atoms with Crippen molar-refractivity contribution >= 4 is 35.0 Å². The Morgan fingerprint density at radius 1 is 1.26 bits per heavy atom. The maximum absolute atomic E-state index is 12.3. The molecule has 3 N–H and O–H groups in total. The van der Waals surface area contributed by atoms with Gasteiger partial charge in [0.05, 0.1) is 16.6 Å². The summed E-state index contributed by atoms with van der Waals surface area (Å²) < 4.78 is 0. The van der Waals surface area contributed by atoms with Crippen LogP contribution in [0.25, 0.3) is 0 Å². The van der Waals surface area contributed by atoms with Crippen molar-refractivity contribution in [1.29, 1.82) is 0 Å². The van der Waals surface area contributed by atoms with E-state index in [1.165, 1.54) is 11.8 Å². The summed E-state index contributed by atoms with van der Waals surface area (Å²) in [4.78, 5) is 25.0. The minimum absolute atomic E-state index is 0.0222. The van der Waals surface area contributed by atoms with Crippen molar-refractivity contribution in [1.82, 2.24) is 0 Å². The number of amides is 2. The molecule has 0 saturated heterocycles. The van der Waals surface area contributed by atoms with Crippen LogP contribution in [0.3, 0.4) is 0 Å². The van der Waals surface area contributed by atoms with Crippen molar-refractivity contribution < 1.29 is 14.7 Å². The van der Waals surface area contributed by atoms with E-state index < -0.39 is 0 Å². The predicted molar refractivity (Wildman–Crippen MR) is 91.2 cm³/mol. The van der Waals surface area contributed by atoms with Gasteiger partial charge in [0.15, 0.2) is 0 Å². The zero-order valence-corrected chi connectivity index (χ0v) is 13.5. The van der Waals surface area contributed by atoms with Gasteiger partial charge < -0.3 is 15.7 Å². The van der Waals surface area contributed by atoms with Crippen LogP contribution in [0.4, 0.5) is 11.4 Å². The molecule has 1 aliphatic rings. The van der Waals surface area contributed by atoms with Crippen LogP contribution < -0.4 is 10.6 Å². The Bertz CT molecular complexity index is 804. The van der Waals surface area contributed by atoms with Crippen LogP contribution in [0, 0.1) is 6.92 Å². The largest absolute Gasteiger partial charge is 0.506 e. The number of thioether (sulfide) groups is 1. The summed E-state index contributed by atoms with van der Waals surface area (Å²) in [7, 11) is 0. The van der Waals surface area contributed by atoms with Crippen LogP contribution in [-0.4, -0.2) is 22.2 Å². The first-order chi connectivity index (χ1) is 10.9. The summed E-state index contributed by atoms with van der Waals surface area (Å²) in [6, 6.07) is 10.2. The Labute approximate surface area is 138 Å². The van der Waals surface area contributed by atoms with E-state index in [-0.39, 0.29) is 22.8 Å². The Morgan fingerprint density at radius 3 is 2.78 bits per heavy atom. The highest BCUT2D eigenvalue weighted by molar-refractivity contribution is 8.00. The molecular weight excluding hydrogens is 312 g/mol. The average molecular weight is 328 g/mol. The van der Waals surface area contributed by atoms with E-state index >= 15 is 0 Å². The number of phenolic OH excluding ortho intramolecular Hbond substituents is 1. The molecule has 2 aromatic rings. The number of carbonyl (C=O) groups excluding carboxylic acids is 2. The van der Waals surface area contributed by atoms with Gasteiger partial charge in [-0.05, 0) is 49.7 Å². The molecule has 0 spiro atoms. The van der Waals surface area contributed by atoms with Crippen LogP contribution in [0.2, 0.25) is 0 Å². The van der Waals surface area contributed by atoms with Crippen LogP contribution >= 0.6 is 11.8 Å². The molecule has 2 aromatic carbocycles. The highest BCUT2D eigenvalue weighted by atomic mass is 32.2. The molecule has 3 rings (SSSR count). The smallest absolute Gasteiger partial charge is 0.255 e. The number of nitrogens with one attached hydrogen (secondary N) is 2. The molecule has 1 atom stereocenters. The molecule has 0 fully saturated rings. The number of hydrogen-bond donors (Lipinski definition) is 3. The number of aromatic hydroxyl groups is 1. The van der Waals surface area contributed by atoms with Gasteiger partial charge >= 0.3 is 0 Å². The molecule has 1 unspecified atom stereocenters. The molecule has 1 heterocycles. The third kappa shape index (κ3) is 3.17. The summed E-state index contributed by atoms with van der Waals surface area (Å²) >= 11 is 1.46. The second-order valence-corrected chi connectivity index (χ2v) is 6.82.